The van der Waals surface area contributed by atoms with Gasteiger partial charge in [-0.25, -0.2) is 0 Å². The lowest BCUT2D eigenvalue weighted by Gasteiger charge is -2.23. The van der Waals surface area contributed by atoms with Crippen molar-refractivity contribution in [2.75, 3.05) is 18.4 Å². The molecule has 0 bridgehead atoms. The maximum atomic E-state index is 12.3. The molecule has 3 nitrogen and oxygen atoms in total. The largest absolute Gasteiger partial charge is 0.384 e. The Hall–Kier alpha value is -1.81. The summed E-state index contributed by atoms with van der Waals surface area (Å²) in [5.41, 5.74) is 3.08. The molecule has 3 rings (SSSR count). The number of anilines is 1. The SMILES string of the molecule is CC(C)(CNC(=O)c1ccc2c(c1)NCC2)c1cccs1. The average Bonchev–Trinajstić information content (AvgIpc) is 3.14. The molecule has 2 heterocycles. The van der Waals surface area contributed by atoms with Gasteiger partial charge in [0.15, 0.2) is 0 Å². The van der Waals surface area contributed by atoms with Crippen molar-refractivity contribution in [3.8, 4) is 0 Å². The molecule has 0 spiro atoms. The van der Waals surface area contributed by atoms with Gasteiger partial charge in [0, 0.05) is 34.6 Å². The topological polar surface area (TPSA) is 41.1 Å². The van der Waals surface area contributed by atoms with Crippen LogP contribution in [0, 0.1) is 0 Å². The van der Waals surface area contributed by atoms with E-state index in [9.17, 15) is 4.79 Å². The molecule has 0 aliphatic carbocycles. The summed E-state index contributed by atoms with van der Waals surface area (Å²) in [5, 5.41) is 8.44. The Morgan fingerprint density at radius 2 is 2.24 bits per heavy atom. The first kappa shape index (κ1) is 14.1. The molecule has 1 aliphatic rings. The van der Waals surface area contributed by atoms with E-state index in [1.165, 1.54) is 10.4 Å². The van der Waals surface area contributed by atoms with Crippen molar-refractivity contribution in [3.63, 3.8) is 0 Å². The van der Waals surface area contributed by atoms with Crippen molar-refractivity contribution in [2.45, 2.75) is 25.7 Å². The second-order valence-corrected chi connectivity index (χ2v) is 7.04. The number of benzene rings is 1. The van der Waals surface area contributed by atoms with E-state index in [0.717, 1.165) is 24.2 Å². The van der Waals surface area contributed by atoms with E-state index >= 15 is 0 Å². The van der Waals surface area contributed by atoms with Crippen LogP contribution in [-0.4, -0.2) is 19.0 Å². The average molecular weight is 300 g/mol. The summed E-state index contributed by atoms with van der Waals surface area (Å²) in [7, 11) is 0. The van der Waals surface area contributed by atoms with E-state index in [1.807, 2.05) is 12.1 Å². The van der Waals surface area contributed by atoms with Crippen LogP contribution in [0.5, 0.6) is 0 Å². The van der Waals surface area contributed by atoms with Crippen molar-refractivity contribution in [3.05, 3.63) is 51.7 Å². The number of carbonyl (C=O) groups excluding carboxylic acids is 1. The zero-order chi connectivity index (χ0) is 14.9. The maximum Gasteiger partial charge on any atom is 0.251 e. The van der Waals surface area contributed by atoms with Crippen LogP contribution in [0.25, 0.3) is 0 Å². The first-order chi connectivity index (χ1) is 10.1. The normalized spacial score (nSPS) is 13.6. The Kier molecular flexibility index (Phi) is 3.72. The highest BCUT2D eigenvalue weighted by atomic mass is 32.1. The van der Waals surface area contributed by atoms with E-state index in [0.29, 0.717) is 6.54 Å². The fourth-order valence-corrected chi connectivity index (χ4v) is 3.44. The lowest BCUT2D eigenvalue weighted by Crippen LogP contribution is -2.36. The van der Waals surface area contributed by atoms with Gasteiger partial charge in [-0.1, -0.05) is 26.0 Å². The fourth-order valence-electron chi connectivity index (χ4n) is 2.59. The Labute approximate surface area is 129 Å². The number of carbonyl (C=O) groups is 1. The predicted molar refractivity (Wildman–Crippen MR) is 88.3 cm³/mol. The number of fused-ring (bicyclic) bond motifs is 1. The minimum Gasteiger partial charge on any atom is -0.384 e. The smallest absolute Gasteiger partial charge is 0.251 e. The van der Waals surface area contributed by atoms with Gasteiger partial charge in [-0.15, -0.1) is 11.3 Å². The van der Waals surface area contributed by atoms with E-state index in [1.54, 1.807) is 11.3 Å². The van der Waals surface area contributed by atoms with Crippen LogP contribution < -0.4 is 10.6 Å². The van der Waals surface area contributed by atoms with Crippen LogP contribution in [-0.2, 0) is 11.8 Å². The van der Waals surface area contributed by atoms with E-state index in [-0.39, 0.29) is 11.3 Å². The molecular formula is C17H20N2OS. The van der Waals surface area contributed by atoms with Crippen molar-refractivity contribution in [1.82, 2.24) is 5.32 Å². The quantitative estimate of drug-likeness (QED) is 0.908. The molecule has 0 saturated heterocycles. The van der Waals surface area contributed by atoms with Crippen molar-refractivity contribution < 1.29 is 4.79 Å². The highest BCUT2D eigenvalue weighted by Gasteiger charge is 2.23. The molecule has 110 valence electrons. The number of hydrogen-bond donors (Lipinski definition) is 2. The minimum atomic E-state index is -0.0429. The highest BCUT2D eigenvalue weighted by Crippen LogP contribution is 2.27. The van der Waals surface area contributed by atoms with Crippen LogP contribution in [0.2, 0.25) is 0 Å². The fraction of sp³-hybridized carbons (Fsp3) is 0.353. The van der Waals surface area contributed by atoms with Gasteiger partial charge in [0.1, 0.15) is 0 Å². The van der Waals surface area contributed by atoms with Crippen LogP contribution in [0.1, 0.15) is 34.6 Å². The summed E-state index contributed by atoms with van der Waals surface area (Å²) in [6, 6.07) is 10.1. The first-order valence-corrected chi connectivity index (χ1v) is 8.13. The molecular weight excluding hydrogens is 280 g/mol. The van der Waals surface area contributed by atoms with Crippen LogP contribution >= 0.6 is 11.3 Å². The second kappa shape index (κ2) is 5.53. The summed E-state index contributed by atoms with van der Waals surface area (Å²) >= 11 is 1.73. The molecule has 2 aromatic rings. The third-order valence-corrected chi connectivity index (χ3v) is 5.20. The van der Waals surface area contributed by atoms with Gasteiger partial charge in [-0.3, -0.25) is 4.79 Å². The molecule has 2 N–H and O–H groups in total. The minimum absolute atomic E-state index is 0.00358. The molecule has 4 heteroatoms. The maximum absolute atomic E-state index is 12.3. The molecule has 0 radical (unpaired) electrons. The van der Waals surface area contributed by atoms with Gasteiger partial charge in [0.25, 0.3) is 5.91 Å². The summed E-state index contributed by atoms with van der Waals surface area (Å²) in [6.45, 7) is 5.91. The number of rotatable bonds is 4. The lowest BCUT2D eigenvalue weighted by atomic mass is 9.91. The van der Waals surface area contributed by atoms with Crippen LogP contribution in [0.3, 0.4) is 0 Å². The van der Waals surface area contributed by atoms with E-state index in [2.05, 4.69) is 48.1 Å². The summed E-state index contributed by atoms with van der Waals surface area (Å²) in [5.74, 6) is -0.00358. The molecule has 0 fully saturated rings. The third-order valence-electron chi connectivity index (χ3n) is 3.96. The van der Waals surface area contributed by atoms with Gasteiger partial charge in [-0.05, 0) is 35.6 Å². The first-order valence-electron chi connectivity index (χ1n) is 7.25. The van der Waals surface area contributed by atoms with Gasteiger partial charge in [0.2, 0.25) is 0 Å². The summed E-state index contributed by atoms with van der Waals surface area (Å²) < 4.78 is 0. The Bertz CT molecular complexity index is 647. The zero-order valence-electron chi connectivity index (χ0n) is 12.4. The number of thiophene rings is 1. The lowest BCUT2D eigenvalue weighted by molar-refractivity contribution is 0.0946. The second-order valence-electron chi connectivity index (χ2n) is 6.09. The summed E-state index contributed by atoms with van der Waals surface area (Å²) in [4.78, 5) is 13.6. The van der Waals surface area contributed by atoms with Gasteiger partial charge in [0.05, 0.1) is 0 Å². The molecule has 21 heavy (non-hydrogen) atoms. The Morgan fingerprint density at radius 3 is 3.00 bits per heavy atom. The molecule has 1 amide bonds. The molecule has 1 aromatic carbocycles. The zero-order valence-corrected chi connectivity index (χ0v) is 13.2. The van der Waals surface area contributed by atoms with E-state index < -0.39 is 0 Å². The number of nitrogens with one attached hydrogen (secondary N) is 2. The van der Waals surface area contributed by atoms with Gasteiger partial charge in [-0.2, -0.15) is 0 Å². The molecule has 0 atom stereocenters. The number of hydrogen-bond acceptors (Lipinski definition) is 3. The van der Waals surface area contributed by atoms with Gasteiger partial charge < -0.3 is 10.6 Å². The molecule has 0 saturated carbocycles. The van der Waals surface area contributed by atoms with Crippen molar-refractivity contribution >= 4 is 22.9 Å². The van der Waals surface area contributed by atoms with Crippen molar-refractivity contribution in [1.29, 1.82) is 0 Å². The van der Waals surface area contributed by atoms with Crippen LogP contribution in [0.15, 0.2) is 35.7 Å². The Morgan fingerprint density at radius 1 is 1.38 bits per heavy atom. The number of amides is 1. The third kappa shape index (κ3) is 2.95. The van der Waals surface area contributed by atoms with E-state index in [4.69, 9.17) is 0 Å². The van der Waals surface area contributed by atoms with Gasteiger partial charge >= 0.3 is 0 Å². The highest BCUT2D eigenvalue weighted by molar-refractivity contribution is 7.10. The standard InChI is InChI=1S/C17H20N2OS/c1-17(2,15-4-3-9-21-15)11-19-16(20)13-6-5-12-7-8-18-14(12)10-13/h3-6,9-10,18H,7-8,11H2,1-2H3,(H,19,20). The van der Waals surface area contributed by atoms with Crippen molar-refractivity contribution in [2.24, 2.45) is 0 Å². The Balaban J connectivity index is 1.67. The molecule has 1 aliphatic heterocycles. The predicted octanol–water partition coefficient (Wildman–Crippen LogP) is 3.42. The monoisotopic (exact) mass is 300 g/mol. The molecule has 0 unspecified atom stereocenters. The summed E-state index contributed by atoms with van der Waals surface area (Å²) in [6.07, 6.45) is 1.04. The molecule has 1 aromatic heterocycles. The van der Waals surface area contributed by atoms with Crippen LogP contribution in [0.4, 0.5) is 5.69 Å².